The van der Waals surface area contributed by atoms with Crippen molar-refractivity contribution < 1.29 is 22.7 Å². The second-order valence-electron chi connectivity index (χ2n) is 14.7. The Hall–Kier alpha value is -3.41. The van der Waals surface area contributed by atoms with Crippen molar-refractivity contribution in [2.24, 2.45) is 11.3 Å². The highest BCUT2D eigenvalue weighted by atomic mass is 32.2. The van der Waals surface area contributed by atoms with E-state index in [-0.39, 0.29) is 17.4 Å². The first-order valence-corrected chi connectivity index (χ1v) is 18.7. The fourth-order valence-electron chi connectivity index (χ4n) is 9.22. The SMILES string of the molecule is COc1ccc2c(c1)[C@@H]1C[C@]1(C(=O)N1CC3CCCNC3C1)Cn1c-2c(C2CCCCC2)c2ccc(C(=O)NS(=O)(=O)N(C)C)cc21. The summed E-state index contributed by atoms with van der Waals surface area (Å²) in [6.45, 7) is 3.08. The number of fused-ring (bicyclic) bond motifs is 8. The molecule has 2 aromatic carbocycles. The second kappa shape index (κ2) is 11.3. The Labute approximate surface area is 277 Å². The van der Waals surface area contributed by atoms with Crippen LogP contribution in [0.15, 0.2) is 36.4 Å². The Morgan fingerprint density at radius 1 is 1.02 bits per heavy atom. The van der Waals surface area contributed by atoms with Gasteiger partial charge in [-0.05, 0) is 91.9 Å². The average molecular weight is 660 g/mol. The first-order valence-electron chi connectivity index (χ1n) is 17.2. The molecule has 5 aliphatic rings. The van der Waals surface area contributed by atoms with Gasteiger partial charge in [0.15, 0.2) is 0 Å². The Morgan fingerprint density at radius 3 is 2.57 bits per heavy atom. The van der Waals surface area contributed by atoms with E-state index in [1.807, 2.05) is 18.2 Å². The third kappa shape index (κ3) is 4.99. The molecular formula is C36H45N5O5S. The minimum absolute atomic E-state index is 0.0709. The number of hydrogen-bond acceptors (Lipinski definition) is 6. The van der Waals surface area contributed by atoms with Crippen LogP contribution in [-0.2, 0) is 21.5 Å². The summed E-state index contributed by atoms with van der Waals surface area (Å²) in [7, 11) is 0.511. The van der Waals surface area contributed by atoms with Crippen molar-refractivity contribution >= 4 is 32.9 Å². The molecule has 2 unspecified atom stereocenters. The van der Waals surface area contributed by atoms with Gasteiger partial charge >= 0.3 is 10.2 Å². The highest BCUT2D eigenvalue weighted by Gasteiger charge is 2.64. The molecule has 2 N–H and O–H groups in total. The molecule has 2 amide bonds. The zero-order valence-corrected chi connectivity index (χ0v) is 28.4. The van der Waals surface area contributed by atoms with E-state index >= 15 is 0 Å². The normalized spacial score (nSPS) is 27.1. The lowest BCUT2D eigenvalue weighted by Crippen LogP contribution is -2.42. The molecule has 2 saturated heterocycles. The van der Waals surface area contributed by atoms with Gasteiger partial charge in [0.05, 0.1) is 18.2 Å². The lowest BCUT2D eigenvalue weighted by molar-refractivity contribution is -0.136. The summed E-state index contributed by atoms with van der Waals surface area (Å²) in [6, 6.07) is 12.3. The van der Waals surface area contributed by atoms with E-state index in [0.717, 1.165) is 84.0 Å². The third-order valence-electron chi connectivity index (χ3n) is 11.8. The van der Waals surface area contributed by atoms with Crippen LogP contribution >= 0.6 is 0 Å². The van der Waals surface area contributed by atoms with Crippen molar-refractivity contribution in [3.05, 3.63) is 53.1 Å². The Balaban J connectivity index is 1.30. The molecule has 47 heavy (non-hydrogen) atoms. The quantitative estimate of drug-likeness (QED) is 0.400. The Kier molecular flexibility index (Phi) is 7.46. The van der Waals surface area contributed by atoms with Gasteiger partial charge in [-0.1, -0.05) is 25.3 Å². The fourth-order valence-corrected chi connectivity index (χ4v) is 9.75. The molecule has 3 aromatic rings. The van der Waals surface area contributed by atoms with E-state index in [1.54, 1.807) is 13.2 Å². The van der Waals surface area contributed by atoms with Gasteiger partial charge in [-0.15, -0.1) is 0 Å². The number of ether oxygens (including phenoxy) is 1. The molecule has 1 aromatic heterocycles. The largest absolute Gasteiger partial charge is 0.497 e. The van der Waals surface area contributed by atoms with Gasteiger partial charge in [0.25, 0.3) is 5.91 Å². The van der Waals surface area contributed by atoms with Gasteiger partial charge in [0.2, 0.25) is 5.91 Å². The molecule has 0 spiro atoms. The number of carbonyl (C=O) groups is 2. The summed E-state index contributed by atoms with van der Waals surface area (Å²) < 4.78 is 36.4. The summed E-state index contributed by atoms with van der Waals surface area (Å²) in [4.78, 5) is 30.3. The number of nitrogens with zero attached hydrogens (tertiary/aromatic N) is 3. The number of aromatic nitrogens is 1. The van der Waals surface area contributed by atoms with Crippen LogP contribution in [0.3, 0.4) is 0 Å². The molecule has 2 aliphatic carbocycles. The molecular weight excluding hydrogens is 614 g/mol. The number of piperidine rings is 1. The van der Waals surface area contributed by atoms with Gasteiger partial charge in [-0.25, -0.2) is 4.72 Å². The number of hydrogen-bond donors (Lipinski definition) is 2. The van der Waals surface area contributed by atoms with Gasteiger partial charge in [0.1, 0.15) is 5.75 Å². The number of rotatable bonds is 6. The van der Waals surface area contributed by atoms with Crippen molar-refractivity contribution in [1.29, 1.82) is 0 Å². The van der Waals surface area contributed by atoms with Crippen molar-refractivity contribution in [2.45, 2.75) is 75.8 Å². The molecule has 4 fully saturated rings. The van der Waals surface area contributed by atoms with E-state index < -0.39 is 21.5 Å². The zero-order valence-electron chi connectivity index (χ0n) is 27.5. The first kappa shape index (κ1) is 30.9. The van der Waals surface area contributed by atoms with Crippen LogP contribution in [0.25, 0.3) is 22.2 Å². The second-order valence-corrected chi connectivity index (χ2v) is 16.6. The molecule has 8 rings (SSSR count). The molecule has 3 aliphatic heterocycles. The van der Waals surface area contributed by atoms with Crippen molar-refractivity contribution in [3.63, 3.8) is 0 Å². The van der Waals surface area contributed by atoms with Crippen LogP contribution in [-0.4, -0.2) is 80.9 Å². The number of amides is 2. The molecule has 11 heteroatoms. The van der Waals surface area contributed by atoms with Crippen molar-refractivity contribution in [2.75, 3.05) is 40.8 Å². The van der Waals surface area contributed by atoms with E-state index in [0.29, 0.717) is 24.4 Å². The van der Waals surface area contributed by atoms with Crippen LogP contribution in [0.5, 0.6) is 5.75 Å². The first-order chi connectivity index (χ1) is 22.6. The van der Waals surface area contributed by atoms with Crippen molar-refractivity contribution in [1.82, 2.24) is 23.8 Å². The molecule has 0 bridgehead atoms. The third-order valence-corrected chi connectivity index (χ3v) is 13.2. The maximum absolute atomic E-state index is 14.8. The summed E-state index contributed by atoms with van der Waals surface area (Å²) in [5.74, 6) is 1.28. The fraction of sp³-hybridized carbons (Fsp3) is 0.556. The molecule has 4 atom stereocenters. The predicted octanol–water partition coefficient (Wildman–Crippen LogP) is 4.60. The van der Waals surface area contributed by atoms with E-state index in [1.165, 1.54) is 44.5 Å². The summed E-state index contributed by atoms with van der Waals surface area (Å²) in [5.41, 5.74) is 5.30. The smallest absolute Gasteiger partial charge is 0.303 e. The molecule has 10 nitrogen and oxygen atoms in total. The zero-order chi connectivity index (χ0) is 32.7. The maximum Gasteiger partial charge on any atom is 0.303 e. The minimum atomic E-state index is -3.96. The number of carbonyl (C=O) groups excluding carboxylic acids is 2. The maximum atomic E-state index is 14.8. The molecule has 0 radical (unpaired) electrons. The molecule has 250 valence electrons. The van der Waals surface area contributed by atoms with Gasteiger partial charge in [0, 0.05) is 67.7 Å². The lowest BCUT2D eigenvalue weighted by Gasteiger charge is -2.25. The lowest BCUT2D eigenvalue weighted by atomic mass is 9.81. The van der Waals surface area contributed by atoms with Crippen LogP contribution in [0.4, 0.5) is 0 Å². The number of nitrogens with one attached hydrogen (secondary N) is 2. The van der Waals surface area contributed by atoms with E-state index in [9.17, 15) is 18.0 Å². The van der Waals surface area contributed by atoms with Crippen LogP contribution < -0.4 is 14.8 Å². The summed E-state index contributed by atoms with van der Waals surface area (Å²) in [6.07, 6.45) is 8.84. The minimum Gasteiger partial charge on any atom is -0.497 e. The average Bonchev–Trinajstić information content (AvgIpc) is 3.53. The highest BCUT2D eigenvalue weighted by Crippen LogP contribution is 2.66. The standard InChI is InChI=1S/C36H45N5O5S/c1-39(2)47(44,45)38-34(42)23-11-13-27-31(16-23)41-21-36(35(43)40-19-24-10-7-15-37-30(24)20-40)18-29(36)28-17-25(46-3)12-14-26(28)33(41)32(27)22-8-5-4-6-9-22/h11-14,16-17,22,24,29-30,37H,4-10,15,18-21H2,1-3H3,(H,38,42)/t24?,29-,30?,36-/m0/s1. The summed E-state index contributed by atoms with van der Waals surface area (Å²) in [5, 5.41) is 4.74. The van der Waals surface area contributed by atoms with Crippen LogP contribution in [0.1, 0.15) is 84.7 Å². The van der Waals surface area contributed by atoms with E-state index in [4.69, 9.17) is 4.74 Å². The predicted molar refractivity (Wildman–Crippen MR) is 181 cm³/mol. The van der Waals surface area contributed by atoms with Crippen molar-refractivity contribution in [3.8, 4) is 17.0 Å². The Bertz CT molecular complexity index is 1870. The number of methoxy groups -OCH3 is 1. The van der Waals surface area contributed by atoms with Crippen LogP contribution in [0.2, 0.25) is 0 Å². The van der Waals surface area contributed by atoms with Gasteiger partial charge in [-0.2, -0.15) is 12.7 Å². The van der Waals surface area contributed by atoms with E-state index in [2.05, 4.69) is 31.6 Å². The number of likely N-dealkylation sites (tertiary alicyclic amines) is 1. The monoisotopic (exact) mass is 659 g/mol. The molecule has 2 saturated carbocycles. The topological polar surface area (TPSA) is 113 Å². The van der Waals surface area contributed by atoms with Gasteiger partial charge < -0.3 is 19.5 Å². The Morgan fingerprint density at radius 2 is 1.83 bits per heavy atom. The highest BCUT2D eigenvalue weighted by molar-refractivity contribution is 7.87. The summed E-state index contributed by atoms with van der Waals surface area (Å²) >= 11 is 0. The van der Waals surface area contributed by atoms with Crippen LogP contribution in [0, 0.1) is 11.3 Å². The molecule has 4 heterocycles. The number of benzene rings is 2. The van der Waals surface area contributed by atoms with Gasteiger partial charge in [-0.3, -0.25) is 9.59 Å².